The number of aliphatic hydroxyl groups excluding tert-OH is 7. The van der Waals surface area contributed by atoms with Gasteiger partial charge in [0, 0.05) is 17.7 Å². The van der Waals surface area contributed by atoms with Crippen molar-refractivity contribution in [2.45, 2.75) is 67.8 Å². The molecule has 5 rings (SSSR count). The monoisotopic (exact) mass is 748 g/mol. The molecule has 8 N–H and O–H groups in total. The Labute approximate surface area is 306 Å². The lowest BCUT2D eigenvalue weighted by molar-refractivity contribution is -0.302. The van der Waals surface area contributed by atoms with Gasteiger partial charge in [0.25, 0.3) is 0 Å². The molecule has 0 bridgehead atoms. The van der Waals surface area contributed by atoms with Crippen LogP contribution in [0.15, 0.2) is 42.5 Å². The summed E-state index contributed by atoms with van der Waals surface area (Å²) in [6.45, 7) is -1.41. The summed E-state index contributed by atoms with van der Waals surface area (Å²) >= 11 is 0. The third-order valence-electron chi connectivity index (χ3n) is 9.44. The third-order valence-corrected chi connectivity index (χ3v) is 9.44. The maximum absolute atomic E-state index is 11.2. The molecule has 0 radical (unpaired) electrons. The second-order valence-corrected chi connectivity index (χ2v) is 12.7. The normalized spacial score (nSPS) is 24.8. The highest BCUT2D eigenvalue weighted by Crippen LogP contribution is 2.53. The number of aromatic hydroxyl groups is 1. The average molecular weight is 749 g/mol. The van der Waals surface area contributed by atoms with Crippen molar-refractivity contribution in [3.8, 4) is 40.2 Å². The molecule has 2 aliphatic heterocycles. The zero-order valence-corrected chi connectivity index (χ0v) is 29.8. The van der Waals surface area contributed by atoms with E-state index >= 15 is 0 Å². The summed E-state index contributed by atoms with van der Waals surface area (Å²) in [5, 5.41) is 82.0. The first-order valence-electron chi connectivity index (χ1n) is 17.0. The minimum atomic E-state index is -1.64. The van der Waals surface area contributed by atoms with Crippen molar-refractivity contribution in [1.82, 2.24) is 0 Å². The Hall–Kier alpha value is -4.10. The van der Waals surface area contributed by atoms with Crippen LogP contribution in [0.3, 0.4) is 0 Å². The van der Waals surface area contributed by atoms with Gasteiger partial charge in [0.15, 0.2) is 46.9 Å². The van der Waals surface area contributed by atoms with Crippen LogP contribution in [0.5, 0.6) is 40.2 Å². The Bertz CT molecular complexity index is 1640. The maximum atomic E-state index is 11.2. The fourth-order valence-corrected chi connectivity index (χ4v) is 6.54. The van der Waals surface area contributed by atoms with Gasteiger partial charge in [-0.25, -0.2) is 0 Å². The fourth-order valence-electron chi connectivity index (χ4n) is 6.54. The zero-order chi connectivity index (χ0) is 38.4. The van der Waals surface area contributed by atoms with Gasteiger partial charge >= 0.3 is 0 Å². The maximum Gasteiger partial charge on any atom is 0.204 e. The van der Waals surface area contributed by atoms with Crippen LogP contribution < -0.4 is 28.4 Å². The van der Waals surface area contributed by atoms with Crippen molar-refractivity contribution in [1.29, 1.82) is 0 Å². The number of ether oxygens (including phenoxy) is 8. The Morgan fingerprint density at radius 2 is 1.47 bits per heavy atom. The summed E-state index contributed by atoms with van der Waals surface area (Å²) in [6, 6.07) is 11.2. The van der Waals surface area contributed by atoms with Crippen LogP contribution in [0.1, 0.15) is 46.8 Å². The standard InChI is InChI=1S/C37H48O16/c1-46-24-12-19(7-8-23(24)41)30(42)28(15-39)51-36-26(48-3)13-20(14-27(36)49-4)34-22(17-50-37-33(45)32(44)31(43)29(16-40)52-37)21-10-18(6-5-9-38)11-25(47-2)35(21)53-34/h7-8,10-14,22,28-34,37-45H,5-6,9,15-17H2,1-4H3/t22-,28+,29+,30+,31+,32-,33+,34+,37+/m0/s1. The molecule has 1 saturated heterocycles. The second-order valence-electron chi connectivity index (χ2n) is 12.7. The third kappa shape index (κ3) is 8.36. The first-order valence-corrected chi connectivity index (χ1v) is 17.0. The van der Waals surface area contributed by atoms with E-state index < -0.39 is 68.1 Å². The van der Waals surface area contributed by atoms with E-state index in [1.54, 1.807) is 12.1 Å². The van der Waals surface area contributed by atoms with Gasteiger partial charge in [-0.05, 0) is 54.3 Å². The predicted molar refractivity (Wildman–Crippen MR) is 185 cm³/mol. The first kappa shape index (κ1) is 40.1. The van der Waals surface area contributed by atoms with Crippen molar-refractivity contribution in [2.24, 2.45) is 0 Å². The number of aryl methyl sites for hydroxylation is 1. The molecule has 3 aromatic rings. The molecule has 0 aromatic heterocycles. The van der Waals surface area contributed by atoms with Gasteiger partial charge in [-0.3, -0.25) is 0 Å². The fraction of sp³-hybridized carbons (Fsp3) is 0.514. The summed E-state index contributed by atoms with van der Waals surface area (Å²) in [5.74, 6) is 0.621. The summed E-state index contributed by atoms with van der Waals surface area (Å²) in [7, 11) is 5.68. The van der Waals surface area contributed by atoms with Gasteiger partial charge in [0.05, 0.1) is 54.2 Å². The summed E-state index contributed by atoms with van der Waals surface area (Å²) in [5.41, 5.74) is 2.36. The van der Waals surface area contributed by atoms with Crippen molar-refractivity contribution >= 4 is 0 Å². The summed E-state index contributed by atoms with van der Waals surface area (Å²) in [4.78, 5) is 0. The smallest absolute Gasteiger partial charge is 0.204 e. The molecule has 0 aliphatic carbocycles. The van der Waals surface area contributed by atoms with E-state index in [0.29, 0.717) is 41.0 Å². The van der Waals surface area contributed by atoms with Gasteiger partial charge in [0.2, 0.25) is 5.75 Å². The quantitative estimate of drug-likeness (QED) is 0.0956. The minimum absolute atomic E-state index is 0.0204. The van der Waals surface area contributed by atoms with Crippen molar-refractivity contribution in [3.63, 3.8) is 0 Å². The van der Waals surface area contributed by atoms with Gasteiger partial charge in [-0.2, -0.15) is 0 Å². The Morgan fingerprint density at radius 1 is 0.792 bits per heavy atom. The minimum Gasteiger partial charge on any atom is -0.504 e. The predicted octanol–water partition coefficient (Wildman–Crippen LogP) is 0.859. The van der Waals surface area contributed by atoms with E-state index in [2.05, 4.69) is 0 Å². The Kier molecular flexibility index (Phi) is 13.5. The lowest BCUT2D eigenvalue weighted by Crippen LogP contribution is -2.59. The van der Waals surface area contributed by atoms with Crippen molar-refractivity contribution in [3.05, 3.63) is 64.7 Å². The second kappa shape index (κ2) is 17.8. The number of phenols is 1. The van der Waals surface area contributed by atoms with Gasteiger partial charge < -0.3 is 78.7 Å². The Balaban J connectivity index is 1.51. The molecule has 0 unspecified atom stereocenters. The summed E-state index contributed by atoms with van der Waals surface area (Å²) < 4.78 is 46.6. The van der Waals surface area contributed by atoms with Crippen LogP contribution in [0.4, 0.5) is 0 Å². The number of benzene rings is 3. The number of rotatable bonds is 17. The molecule has 3 aromatic carbocycles. The van der Waals surface area contributed by atoms with Crippen molar-refractivity contribution in [2.75, 3.05) is 54.9 Å². The van der Waals surface area contributed by atoms with Gasteiger partial charge in [0.1, 0.15) is 36.6 Å². The molecule has 0 amide bonds. The number of phenolic OH excluding ortho intramolecular Hbond substituents is 1. The highest BCUT2D eigenvalue weighted by Gasteiger charge is 2.46. The van der Waals surface area contributed by atoms with E-state index in [-0.39, 0.29) is 42.0 Å². The van der Waals surface area contributed by atoms with E-state index in [9.17, 15) is 40.9 Å². The van der Waals surface area contributed by atoms with Crippen LogP contribution in [-0.2, 0) is 15.9 Å². The number of hydrogen-bond acceptors (Lipinski definition) is 16. The molecular formula is C37H48O16. The molecule has 16 nitrogen and oxygen atoms in total. The van der Waals surface area contributed by atoms with Crippen LogP contribution in [0, 0.1) is 0 Å². The van der Waals surface area contributed by atoms with Crippen LogP contribution in [0.25, 0.3) is 0 Å². The number of hydrogen-bond donors (Lipinski definition) is 8. The molecule has 2 aliphatic rings. The topological polar surface area (TPSA) is 236 Å². The molecular weight excluding hydrogens is 700 g/mol. The molecule has 1 fully saturated rings. The molecule has 53 heavy (non-hydrogen) atoms. The van der Waals surface area contributed by atoms with Gasteiger partial charge in [-0.1, -0.05) is 12.1 Å². The largest absolute Gasteiger partial charge is 0.504 e. The lowest BCUT2D eigenvalue weighted by Gasteiger charge is -2.40. The summed E-state index contributed by atoms with van der Waals surface area (Å²) in [6.07, 6.45) is -9.78. The average Bonchev–Trinajstić information content (AvgIpc) is 3.55. The van der Waals surface area contributed by atoms with Crippen LogP contribution in [0.2, 0.25) is 0 Å². The van der Waals surface area contributed by atoms with E-state index in [1.807, 2.05) is 12.1 Å². The van der Waals surface area contributed by atoms with E-state index in [1.165, 1.54) is 46.6 Å². The molecule has 9 atom stereocenters. The highest BCUT2D eigenvalue weighted by atomic mass is 16.7. The molecule has 16 heteroatoms. The molecule has 2 heterocycles. The molecule has 292 valence electrons. The molecule has 0 spiro atoms. The van der Waals surface area contributed by atoms with Crippen LogP contribution in [-0.4, -0.2) is 133 Å². The van der Waals surface area contributed by atoms with Crippen molar-refractivity contribution < 1.29 is 78.7 Å². The van der Waals surface area contributed by atoms with Gasteiger partial charge in [-0.15, -0.1) is 0 Å². The lowest BCUT2D eigenvalue weighted by atomic mass is 9.89. The number of fused-ring (bicyclic) bond motifs is 1. The number of methoxy groups -OCH3 is 4. The number of aliphatic hydroxyl groups is 7. The highest BCUT2D eigenvalue weighted by molar-refractivity contribution is 5.59. The van der Waals surface area contributed by atoms with E-state index in [4.69, 9.17) is 37.9 Å². The molecule has 0 saturated carbocycles. The zero-order valence-electron chi connectivity index (χ0n) is 29.8. The Morgan fingerprint density at radius 3 is 2.08 bits per heavy atom. The van der Waals surface area contributed by atoms with E-state index in [0.717, 1.165) is 5.56 Å². The SMILES string of the molecule is COc1cc([C@@H](O)[C@@H](CO)Oc2c(OC)cc([C@H]3Oc4c(OC)cc(CCCO)cc4[C@@H]3CO[C@@H]3O[C@H](CO)[C@@H](O)[C@H](O)[C@H]3O)cc2OC)ccc1O. The first-order chi connectivity index (χ1) is 25.5. The van der Waals surface area contributed by atoms with Crippen LogP contribution >= 0.6 is 0 Å².